The Balaban J connectivity index is 1.41. The number of amides is 3. The molecule has 0 aliphatic carbocycles. The summed E-state index contributed by atoms with van der Waals surface area (Å²) in [5, 5.41) is 2.91. The Morgan fingerprint density at radius 3 is 2.14 bits per heavy atom. The van der Waals surface area contributed by atoms with Gasteiger partial charge in [0.05, 0.1) is 30.4 Å². The molecule has 0 saturated carbocycles. The molecule has 0 radical (unpaired) electrons. The summed E-state index contributed by atoms with van der Waals surface area (Å²) < 4.78 is 5.44. The summed E-state index contributed by atoms with van der Waals surface area (Å²) in [7, 11) is 0. The van der Waals surface area contributed by atoms with Crippen molar-refractivity contribution in [3.8, 4) is 0 Å². The van der Waals surface area contributed by atoms with Crippen LogP contribution in [0.15, 0.2) is 54.6 Å². The van der Waals surface area contributed by atoms with Crippen molar-refractivity contribution in [2.75, 3.05) is 39.4 Å². The summed E-state index contributed by atoms with van der Waals surface area (Å²) >= 11 is 0. The highest BCUT2D eigenvalue weighted by molar-refractivity contribution is 6.22. The molecule has 1 N–H and O–H groups in total. The lowest BCUT2D eigenvalue weighted by molar-refractivity contribution is -0.121. The molecule has 0 aromatic heterocycles. The number of fused-ring (bicyclic) bond motifs is 1. The fourth-order valence-electron chi connectivity index (χ4n) is 3.81. The predicted octanol–water partition coefficient (Wildman–Crippen LogP) is 1.47. The van der Waals surface area contributed by atoms with Crippen LogP contribution in [0.1, 0.15) is 32.3 Å². The van der Waals surface area contributed by atoms with Crippen molar-refractivity contribution >= 4 is 17.7 Å². The molecule has 7 nitrogen and oxygen atoms in total. The SMILES string of the molecule is O=C(CN1C(=O)c2ccccc2C1=O)NC[C@@H](c1ccccc1)N1CCOCC1. The molecule has 29 heavy (non-hydrogen) atoms. The fraction of sp³-hybridized carbons (Fsp3) is 0.318. The second kappa shape index (κ2) is 8.55. The molecule has 0 unspecified atom stereocenters. The molecule has 3 amide bonds. The van der Waals surface area contributed by atoms with Crippen LogP contribution in [0.5, 0.6) is 0 Å². The first kappa shape index (κ1) is 19.3. The Bertz CT molecular complexity index is 874. The van der Waals surface area contributed by atoms with Crippen molar-refractivity contribution < 1.29 is 19.1 Å². The van der Waals surface area contributed by atoms with Gasteiger partial charge in [-0.2, -0.15) is 0 Å². The van der Waals surface area contributed by atoms with Gasteiger partial charge in [-0.3, -0.25) is 24.2 Å². The van der Waals surface area contributed by atoms with Crippen molar-refractivity contribution in [3.05, 3.63) is 71.3 Å². The van der Waals surface area contributed by atoms with Crippen LogP contribution < -0.4 is 5.32 Å². The fourth-order valence-corrected chi connectivity index (χ4v) is 3.81. The number of carbonyl (C=O) groups excluding carboxylic acids is 3. The second-order valence-electron chi connectivity index (χ2n) is 7.12. The van der Waals surface area contributed by atoms with Crippen LogP contribution in [-0.4, -0.2) is 66.9 Å². The number of benzene rings is 2. The number of morpholine rings is 1. The second-order valence-corrected chi connectivity index (χ2v) is 7.12. The third kappa shape index (κ3) is 4.06. The average Bonchev–Trinajstić information content (AvgIpc) is 3.00. The molecular formula is C22H23N3O4. The van der Waals surface area contributed by atoms with Gasteiger partial charge in [-0.05, 0) is 17.7 Å². The number of hydrogen-bond donors (Lipinski definition) is 1. The van der Waals surface area contributed by atoms with Gasteiger partial charge < -0.3 is 10.1 Å². The molecule has 4 rings (SSSR count). The maximum absolute atomic E-state index is 12.6. The van der Waals surface area contributed by atoms with E-state index < -0.39 is 11.8 Å². The van der Waals surface area contributed by atoms with Crippen molar-refractivity contribution in [1.29, 1.82) is 0 Å². The Labute approximate surface area is 169 Å². The summed E-state index contributed by atoms with van der Waals surface area (Å²) in [6.45, 7) is 3.00. The van der Waals surface area contributed by atoms with Gasteiger partial charge in [-0.25, -0.2) is 0 Å². The van der Waals surface area contributed by atoms with Gasteiger partial charge in [-0.1, -0.05) is 42.5 Å². The summed E-state index contributed by atoms with van der Waals surface area (Å²) in [4.78, 5) is 40.7. The smallest absolute Gasteiger partial charge is 0.262 e. The minimum absolute atomic E-state index is 0.00577. The van der Waals surface area contributed by atoms with E-state index in [2.05, 4.69) is 10.2 Å². The maximum Gasteiger partial charge on any atom is 0.262 e. The van der Waals surface area contributed by atoms with Crippen LogP contribution in [0.2, 0.25) is 0 Å². The van der Waals surface area contributed by atoms with E-state index >= 15 is 0 Å². The van der Waals surface area contributed by atoms with Gasteiger partial charge in [0.1, 0.15) is 6.54 Å². The summed E-state index contributed by atoms with van der Waals surface area (Å²) in [6, 6.07) is 16.6. The topological polar surface area (TPSA) is 79.0 Å². The highest BCUT2D eigenvalue weighted by atomic mass is 16.5. The van der Waals surface area contributed by atoms with E-state index in [0.717, 1.165) is 23.6 Å². The lowest BCUT2D eigenvalue weighted by atomic mass is 10.0. The molecule has 2 aliphatic rings. The van der Waals surface area contributed by atoms with Gasteiger partial charge in [0.2, 0.25) is 5.91 Å². The number of rotatable bonds is 6. The molecule has 2 aromatic rings. The molecule has 2 heterocycles. The predicted molar refractivity (Wildman–Crippen MR) is 106 cm³/mol. The zero-order valence-electron chi connectivity index (χ0n) is 16.0. The van der Waals surface area contributed by atoms with Crippen LogP contribution >= 0.6 is 0 Å². The lowest BCUT2D eigenvalue weighted by Crippen LogP contribution is -2.46. The van der Waals surface area contributed by atoms with E-state index in [4.69, 9.17) is 4.74 Å². The number of hydrogen-bond acceptors (Lipinski definition) is 5. The van der Waals surface area contributed by atoms with E-state index in [9.17, 15) is 14.4 Å². The quantitative estimate of drug-likeness (QED) is 0.752. The molecule has 7 heteroatoms. The average molecular weight is 393 g/mol. The molecule has 2 aliphatic heterocycles. The van der Waals surface area contributed by atoms with Crippen molar-refractivity contribution in [2.24, 2.45) is 0 Å². The van der Waals surface area contributed by atoms with Crippen LogP contribution in [-0.2, 0) is 9.53 Å². The van der Waals surface area contributed by atoms with E-state index in [1.807, 2.05) is 30.3 Å². The molecular weight excluding hydrogens is 370 g/mol. The van der Waals surface area contributed by atoms with E-state index in [-0.39, 0.29) is 18.5 Å². The molecule has 0 bridgehead atoms. The number of ether oxygens (including phenoxy) is 1. The van der Waals surface area contributed by atoms with Gasteiger partial charge in [-0.15, -0.1) is 0 Å². The number of nitrogens with zero attached hydrogens (tertiary/aromatic N) is 2. The monoisotopic (exact) mass is 393 g/mol. The highest BCUT2D eigenvalue weighted by Crippen LogP contribution is 2.23. The van der Waals surface area contributed by atoms with Crippen LogP contribution in [0, 0.1) is 0 Å². The number of carbonyl (C=O) groups is 3. The first-order chi connectivity index (χ1) is 14.1. The third-order valence-electron chi connectivity index (χ3n) is 5.34. The van der Waals surface area contributed by atoms with Crippen LogP contribution in [0.3, 0.4) is 0 Å². The largest absolute Gasteiger partial charge is 0.379 e. The molecule has 1 saturated heterocycles. The zero-order valence-corrected chi connectivity index (χ0v) is 16.0. The van der Waals surface area contributed by atoms with Crippen molar-refractivity contribution in [2.45, 2.75) is 6.04 Å². The van der Waals surface area contributed by atoms with E-state index in [0.29, 0.717) is 30.9 Å². The van der Waals surface area contributed by atoms with Crippen molar-refractivity contribution in [1.82, 2.24) is 15.1 Å². The summed E-state index contributed by atoms with van der Waals surface area (Å²) in [5.74, 6) is -1.20. The third-order valence-corrected chi connectivity index (χ3v) is 5.34. The number of nitrogens with one attached hydrogen (secondary N) is 1. The van der Waals surface area contributed by atoms with Crippen molar-refractivity contribution in [3.63, 3.8) is 0 Å². The minimum atomic E-state index is -0.423. The molecule has 150 valence electrons. The first-order valence-corrected chi connectivity index (χ1v) is 9.74. The Morgan fingerprint density at radius 1 is 0.931 bits per heavy atom. The Kier molecular flexibility index (Phi) is 5.69. The minimum Gasteiger partial charge on any atom is -0.379 e. The Morgan fingerprint density at radius 2 is 1.52 bits per heavy atom. The molecule has 0 spiro atoms. The lowest BCUT2D eigenvalue weighted by Gasteiger charge is -2.35. The van der Waals surface area contributed by atoms with E-state index in [1.165, 1.54) is 0 Å². The van der Waals surface area contributed by atoms with Crippen LogP contribution in [0.25, 0.3) is 0 Å². The van der Waals surface area contributed by atoms with Gasteiger partial charge in [0, 0.05) is 19.6 Å². The van der Waals surface area contributed by atoms with Gasteiger partial charge in [0.25, 0.3) is 11.8 Å². The Hall–Kier alpha value is -3.03. The normalized spacial score (nSPS) is 17.9. The van der Waals surface area contributed by atoms with Gasteiger partial charge in [0.15, 0.2) is 0 Å². The maximum atomic E-state index is 12.6. The molecule has 1 atom stereocenters. The molecule has 1 fully saturated rings. The van der Waals surface area contributed by atoms with E-state index in [1.54, 1.807) is 24.3 Å². The standard InChI is InChI=1S/C22H23N3O4/c26-20(15-25-21(27)17-8-4-5-9-18(17)22(25)28)23-14-19(16-6-2-1-3-7-16)24-10-12-29-13-11-24/h1-9,19H,10-15H2,(H,23,26)/t19-/m0/s1. The first-order valence-electron chi connectivity index (χ1n) is 9.74. The number of imide groups is 1. The summed E-state index contributed by atoms with van der Waals surface area (Å²) in [5.41, 5.74) is 1.80. The van der Waals surface area contributed by atoms with Gasteiger partial charge >= 0.3 is 0 Å². The summed E-state index contributed by atoms with van der Waals surface area (Å²) in [6.07, 6.45) is 0. The van der Waals surface area contributed by atoms with Crippen LogP contribution in [0.4, 0.5) is 0 Å². The highest BCUT2D eigenvalue weighted by Gasteiger charge is 2.36. The zero-order chi connectivity index (χ0) is 20.2. The molecule has 2 aromatic carbocycles.